The number of piperazine rings is 1. The first-order valence-electron chi connectivity index (χ1n) is 9.19. The molecule has 0 spiro atoms. The molecule has 2 fully saturated rings. The normalized spacial score (nSPS) is 21.3. The Labute approximate surface area is 149 Å². The minimum absolute atomic E-state index is 0.00419. The first-order chi connectivity index (χ1) is 12.2. The molecule has 2 saturated heterocycles. The van der Waals surface area contributed by atoms with Crippen LogP contribution in [-0.4, -0.2) is 73.6 Å². The number of nitrogens with zero attached hydrogens (tertiary/aromatic N) is 2. The Morgan fingerprint density at radius 1 is 1.20 bits per heavy atom. The van der Waals surface area contributed by atoms with Crippen molar-refractivity contribution in [3.63, 3.8) is 0 Å². The summed E-state index contributed by atoms with van der Waals surface area (Å²) in [5, 5.41) is 2.90. The Morgan fingerprint density at radius 2 is 1.96 bits per heavy atom. The van der Waals surface area contributed by atoms with Gasteiger partial charge in [-0.3, -0.25) is 9.59 Å². The molecule has 3 rings (SSSR count). The molecule has 25 heavy (non-hydrogen) atoms. The highest BCUT2D eigenvalue weighted by Crippen LogP contribution is 2.13. The van der Waals surface area contributed by atoms with Gasteiger partial charge in [-0.15, -0.1) is 0 Å². The molecular weight excluding hydrogens is 318 g/mol. The fourth-order valence-electron chi connectivity index (χ4n) is 3.36. The zero-order chi connectivity index (χ0) is 17.6. The molecule has 1 N–H and O–H groups in total. The lowest BCUT2D eigenvalue weighted by molar-refractivity contribution is 0.0643. The van der Waals surface area contributed by atoms with Gasteiger partial charge < -0.3 is 19.9 Å². The number of nitrogens with one attached hydrogen (secondary N) is 1. The second-order valence-corrected chi connectivity index (χ2v) is 6.65. The third kappa shape index (κ3) is 4.58. The summed E-state index contributed by atoms with van der Waals surface area (Å²) >= 11 is 0. The molecule has 0 aliphatic carbocycles. The van der Waals surface area contributed by atoms with E-state index in [1.807, 2.05) is 4.90 Å². The maximum atomic E-state index is 12.7. The molecule has 2 aliphatic rings. The molecule has 1 aromatic carbocycles. The van der Waals surface area contributed by atoms with Gasteiger partial charge in [-0.1, -0.05) is 13.0 Å². The number of likely N-dealkylation sites (N-methyl/N-ethyl adjacent to an activating group) is 1. The van der Waals surface area contributed by atoms with Gasteiger partial charge in [0.25, 0.3) is 11.8 Å². The number of hydrogen-bond acceptors (Lipinski definition) is 4. The minimum atomic E-state index is -0.152. The van der Waals surface area contributed by atoms with Crippen LogP contribution in [0.25, 0.3) is 0 Å². The van der Waals surface area contributed by atoms with Crippen molar-refractivity contribution in [3.05, 3.63) is 35.4 Å². The highest BCUT2D eigenvalue weighted by atomic mass is 16.5. The van der Waals surface area contributed by atoms with Crippen molar-refractivity contribution < 1.29 is 14.3 Å². The van der Waals surface area contributed by atoms with E-state index in [0.29, 0.717) is 17.7 Å². The summed E-state index contributed by atoms with van der Waals surface area (Å²) in [6, 6.07) is 7.00. The number of ether oxygens (including phenoxy) is 1. The summed E-state index contributed by atoms with van der Waals surface area (Å²) in [6.45, 7) is 7.74. The standard InChI is InChI=1S/C19H27N3O3/c1-2-21-8-10-22(11-9-21)19(24)16-6-3-5-15(13-16)18(23)20-14-17-7-4-12-25-17/h3,5-6,13,17H,2,4,7-12,14H2,1H3,(H,20,23). The van der Waals surface area contributed by atoms with Gasteiger partial charge in [0.1, 0.15) is 0 Å². The van der Waals surface area contributed by atoms with Crippen LogP contribution in [0.5, 0.6) is 0 Å². The van der Waals surface area contributed by atoms with E-state index >= 15 is 0 Å². The van der Waals surface area contributed by atoms with Crippen molar-refractivity contribution >= 4 is 11.8 Å². The first-order valence-corrected chi connectivity index (χ1v) is 9.19. The third-order valence-electron chi connectivity index (χ3n) is 4.99. The van der Waals surface area contributed by atoms with E-state index in [0.717, 1.165) is 52.2 Å². The number of carbonyl (C=O) groups excluding carboxylic acids is 2. The average Bonchev–Trinajstić information content (AvgIpc) is 3.19. The maximum absolute atomic E-state index is 12.7. The molecule has 2 heterocycles. The fraction of sp³-hybridized carbons (Fsp3) is 0.579. The number of hydrogen-bond donors (Lipinski definition) is 1. The second kappa shape index (κ2) is 8.45. The smallest absolute Gasteiger partial charge is 0.253 e. The Hall–Kier alpha value is -1.92. The van der Waals surface area contributed by atoms with Crippen LogP contribution in [0, 0.1) is 0 Å². The molecule has 2 amide bonds. The maximum Gasteiger partial charge on any atom is 0.253 e. The lowest BCUT2D eigenvalue weighted by Crippen LogP contribution is -2.48. The van der Waals surface area contributed by atoms with Crippen molar-refractivity contribution in [3.8, 4) is 0 Å². The summed E-state index contributed by atoms with van der Waals surface area (Å²) in [4.78, 5) is 29.2. The lowest BCUT2D eigenvalue weighted by atomic mass is 10.1. The molecule has 1 aromatic rings. The number of rotatable bonds is 5. The van der Waals surface area contributed by atoms with Crippen molar-refractivity contribution in [2.75, 3.05) is 45.9 Å². The van der Waals surface area contributed by atoms with Crippen molar-refractivity contribution in [1.29, 1.82) is 0 Å². The van der Waals surface area contributed by atoms with Gasteiger partial charge in [0.15, 0.2) is 0 Å². The second-order valence-electron chi connectivity index (χ2n) is 6.65. The third-order valence-corrected chi connectivity index (χ3v) is 4.99. The van der Waals surface area contributed by atoms with E-state index in [1.54, 1.807) is 24.3 Å². The van der Waals surface area contributed by atoms with Gasteiger partial charge in [-0.2, -0.15) is 0 Å². The number of amides is 2. The first kappa shape index (κ1) is 17.9. The van der Waals surface area contributed by atoms with Crippen LogP contribution in [0.15, 0.2) is 24.3 Å². The highest BCUT2D eigenvalue weighted by molar-refractivity contribution is 5.99. The Bertz CT molecular complexity index is 606. The zero-order valence-corrected chi connectivity index (χ0v) is 14.9. The van der Waals surface area contributed by atoms with Gasteiger partial charge in [0, 0.05) is 50.5 Å². The molecular formula is C19H27N3O3. The van der Waals surface area contributed by atoms with Gasteiger partial charge in [0.2, 0.25) is 0 Å². The highest BCUT2D eigenvalue weighted by Gasteiger charge is 2.22. The number of benzene rings is 1. The Morgan fingerprint density at radius 3 is 2.64 bits per heavy atom. The monoisotopic (exact) mass is 345 g/mol. The molecule has 2 aliphatic heterocycles. The van der Waals surface area contributed by atoms with E-state index in [9.17, 15) is 9.59 Å². The van der Waals surface area contributed by atoms with E-state index in [4.69, 9.17) is 4.74 Å². The molecule has 6 heteroatoms. The summed E-state index contributed by atoms with van der Waals surface area (Å²) < 4.78 is 5.52. The molecule has 136 valence electrons. The van der Waals surface area contributed by atoms with Gasteiger partial charge in [-0.25, -0.2) is 0 Å². The average molecular weight is 345 g/mol. The predicted octanol–water partition coefficient (Wildman–Crippen LogP) is 1.37. The zero-order valence-electron chi connectivity index (χ0n) is 14.9. The van der Waals surface area contributed by atoms with E-state index in [2.05, 4.69) is 17.1 Å². The van der Waals surface area contributed by atoms with Crippen LogP contribution in [0.4, 0.5) is 0 Å². The molecule has 1 atom stereocenters. The van der Waals surface area contributed by atoms with Gasteiger partial charge in [-0.05, 0) is 37.6 Å². The largest absolute Gasteiger partial charge is 0.376 e. The quantitative estimate of drug-likeness (QED) is 0.876. The fourth-order valence-corrected chi connectivity index (χ4v) is 3.36. The Kier molecular flexibility index (Phi) is 6.04. The number of carbonyl (C=O) groups is 2. The molecule has 0 bridgehead atoms. The van der Waals surface area contributed by atoms with Crippen molar-refractivity contribution in [1.82, 2.24) is 15.1 Å². The molecule has 0 saturated carbocycles. The van der Waals surface area contributed by atoms with Gasteiger partial charge in [0.05, 0.1) is 6.10 Å². The topological polar surface area (TPSA) is 61.9 Å². The van der Waals surface area contributed by atoms with Crippen LogP contribution in [0.3, 0.4) is 0 Å². The predicted molar refractivity (Wildman–Crippen MR) is 95.8 cm³/mol. The summed E-state index contributed by atoms with van der Waals surface area (Å²) in [5.74, 6) is -0.148. The van der Waals surface area contributed by atoms with Crippen LogP contribution < -0.4 is 5.32 Å². The van der Waals surface area contributed by atoms with Crippen molar-refractivity contribution in [2.24, 2.45) is 0 Å². The molecule has 0 aromatic heterocycles. The SMILES string of the molecule is CCN1CCN(C(=O)c2cccc(C(=O)NCC3CCCO3)c2)CC1. The summed E-state index contributed by atoms with van der Waals surface area (Å²) in [5.41, 5.74) is 1.10. The minimum Gasteiger partial charge on any atom is -0.376 e. The van der Waals surface area contributed by atoms with E-state index in [1.165, 1.54) is 0 Å². The van der Waals surface area contributed by atoms with Gasteiger partial charge >= 0.3 is 0 Å². The summed E-state index contributed by atoms with van der Waals surface area (Å²) in [7, 11) is 0. The molecule has 0 radical (unpaired) electrons. The van der Waals surface area contributed by atoms with Crippen LogP contribution in [0.1, 0.15) is 40.5 Å². The summed E-state index contributed by atoms with van der Waals surface area (Å²) in [6.07, 6.45) is 2.15. The van der Waals surface area contributed by atoms with E-state index in [-0.39, 0.29) is 17.9 Å². The molecule has 6 nitrogen and oxygen atoms in total. The van der Waals surface area contributed by atoms with Crippen LogP contribution in [-0.2, 0) is 4.74 Å². The lowest BCUT2D eigenvalue weighted by Gasteiger charge is -2.34. The van der Waals surface area contributed by atoms with E-state index < -0.39 is 0 Å². The van der Waals surface area contributed by atoms with Crippen LogP contribution >= 0.6 is 0 Å². The molecule has 1 unspecified atom stereocenters. The van der Waals surface area contributed by atoms with Crippen LogP contribution in [0.2, 0.25) is 0 Å². The van der Waals surface area contributed by atoms with Crippen molar-refractivity contribution in [2.45, 2.75) is 25.9 Å². The Balaban J connectivity index is 1.58.